The molecule has 0 bridgehead atoms. The zero-order valence-corrected chi connectivity index (χ0v) is 15.0. The molecule has 2 atom stereocenters. The molecular weight excluding hydrogens is 330 g/mol. The summed E-state index contributed by atoms with van der Waals surface area (Å²) in [4.78, 5) is 26.7. The van der Waals surface area contributed by atoms with Gasteiger partial charge in [0, 0.05) is 6.20 Å². The van der Waals surface area contributed by atoms with E-state index in [1.54, 1.807) is 26.1 Å². The predicted molar refractivity (Wildman–Crippen MR) is 90.4 cm³/mol. The number of esters is 1. The topological polar surface area (TPSA) is 137 Å². The Hall–Kier alpha value is -1.97. The number of nitrogens with two attached hydrogens (primary N) is 1. The van der Waals surface area contributed by atoms with Crippen LogP contribution in [0, 0.1) is 5.92 Å². The van der Waals surface area contributed by atoms with Crippen LogP contribution < -0.4 is 11.4 Å². The number of carbonyl (C=O) groups is 1. The summed E-state index contributed by atoms with van der Waals surface area (Å²) in [6, 6.07) is 1.55. The lowest BCUT2D eigenvalue weighted by atomic mass is 10.2. The molecule has 0 spiro atoms. The van der Waals surface area contributed by atoms with Crippen LogP contribution in [0.5, 0.6) is 0 Å². The van der Waals surface area contributed by atoms with Crippen LogP contribution >= 0.6 is 0 Å². The van der Waals surface area contributed by atoms with Gasteiger partial charge in [-0.3, -0.25) is 9.36 Å². The van der Waals surface area contributed by atoms with Gasteiger partial charge in [0.1, 0.15) is 18.7 Å². The average molecular weight is 357 g/mol. The van der Waals surface area contributed by atoms with Gasteiger partial charge in [0.15, 0.2) is 5.79 Å². The fourth-order valence-electron chi connectivity index (χ4n) is 2.00. The molecule has 1 aromatic rings. The van der Waals surface area contributed by atoms with Gasteiger partial charge in [-0.05, 0) is 32.8 Å². The average Bonchev–Trinajstić information content (AvgIpc) is 2.91. The van der Waals surface area contributed by atoms with Gasteiger partial charge >= 0.3 is 11.7 Å². The minimum atomic E-state index is -1.50. The number of aromatic nitrogens is 2. The molecular formula is C16H27N3O6. The van der Waals surface area contributed by atoms with E-state index in [2.05, 4.69) is 4.98 Å². The molecule has 9 nitrogen and oxygen atoms in total. The van der Waals surface area contributed by atoms with Crippen molar-refractivity contribution in [2.75, 3.05) is 12.3 Å². The maximum atomic E-state index is 11.7. The van der Waals surface area contributed by atoms with Crippen molar-refractivity contribution in [1.29, 1.82) is 0 Å². The van der Waals surface area contributed by atoms with Crippen LogP contribution in [-0.4, -0.2) is 44.2 Å². The monoisotopic (exact) mass is 357 g/mol. The zero-order chi connectivity index (χ0) is 19.2. The molecule has 0 aliphatic carbocycles. The maximum Gasteiger partial charge on any atom is 0.351 e. The van der Waals surface area contributed by atoms with E-state index < -0.39 is 11.5 Å². The highest BCUT2D eigenvalue weighted by molar-refractivity contribution is 5.71. The van der Waals surface area contributed by atoms with Gasteiger partial charge in [-0.25, -0.2) is 4.79 Å². The first kappa shape index (κ1) is 21.1. The van der Waals surface area contributed by atoms with Gasteiger partial charge in [-0.1, -0.05) is 13.8 Å². The van der Waals surface area contributed by atoms with Crippen molar-refractivity contribution in [3.63, 3.8) is 0 Å². The highest BCUT2D eigenvalue weighted by Crippen LogP contribution is 2.27. The smallest absolute Gasteiger partial charge is 0.351 e. The third kappa shape index (κ3) is 8.10. The van der Waals surface area contributed by atoms with E-state index in [0.717, 1.165) is 6.42 Å². The highest BCUT2D eigenvalue weighted by atomic mass is 16.6. The third-order valence-corrected chi connectivity index (χ3v) is 3.13. The molecule has 25 heavy (non-hydrogen) atoms. The Kier molecular flexibility index (Phi) is 7.53. The van der Waals surface area contributed by atoms with E-state index in [0.29, 0.717) is 6.42 Å². The van der Waals surface area contributed by atoms with Crippen molar-refractivity contribution in [3.05, 3.63) is 22.7 Å². The molecule has 1 fully saturated rings. The number of carbonyl (C=O) groups excluding carboxylic acids is 1. The molecule has 2 unspecified atom stereocenters. The molecule has 1 saturated heterocycles. The number of hydrogen-bond donors (Lipinski definition) is 3. The Labute approximate surface area is 146 Å². The van der Waals surface area contributed by atoms with Crippen molar-refractivity contribution in [2.24, 2.45) is 5.92 Å². The fourth-order valence-corrected chi connectivity index (χ4v) is 2.00. The van der Waals surface area contributed by atoms with E-state index in [1.807, 2.05) is 0 Å². The van der Waals surface area contributed by atoms with E-state index >= 15 is 0 Å². The molecule has 9 heteroatoms. The molecule has 2 heterocycles. The summed E-state index contributed by atoms with van der Waals surface area (Å²) in [7, 11) is 0. The van der Waals surface area contributed by atoms with Crippen LogP contribution in [0.2, 0.25) is 0 Å². The molecule has 4 N–H and O–H groups in total. The second-order valence-corrected chi connectivity index (χ2v) is 6.61. The van der Waals surface area contributed by atoms with Crippen LogP contribution in [0.15, 0.2) is 17.1 Å². The summed E-state index contributed by atoms with van der Waals surface area (Å²) in [5.41, 5.74) is 5.00. The lowest BCUT2D eigenvalue weighted by Gasteiger charge is -2.16. The van der Waals surface area contributed by atoms with Crippen molar-refractivity contribution in [2.45, 2.75) is 58.7 Å². The summed E-state index contributed by atoms with van der Waals surface area (Å²) in [5.74, 6) is -1.72. The summed E-state index contributed by atoms with van der Waals surface area (Å²) < 4.78 is 12.2. The van der Waals surface area contributed by atoms with Gasteiger partial charge in [0.05, 0.1) is 12.0 Å². The minimum absolute atomic E-state index is 0.156. The number of aliphatic hydroxyl groups is 2. The van der Waals surface area contributed by atoms with Crippen LogP contribution in [0.3, 0.4) is 0 Å². The third-order valence-electron chi connectivity index (χ3n) is 3.13. The minimum Gasteiger partial charge on any atom is -0.463 e. The van der Waals surface area contributed by atoms with Gasteiger partial charge < -0.3 is 25.4 Å². The molecule has 0 radical (unpaired) electrons. The number of nitrogens with zero attached hydrogens (tertiary/aromatic N) is 2. The molecule has 1 aromatic heterocycles. The highest BCUT2D eigenvalue weighted by Gasteiger charge is 2.28. The lowest BCUT2D eigenvalue weighted by Crippen LogP contribution is -2.28. The molecule has 1 aliphatic rings. The molecule has 0 amide bonds. The normalized spacial score (nSPS) is 20.1. The first-order chi connectivity index (χ1) is 11.5. The number of nitrogen functional groups attached to an aromatic ring is 1. The van der Waals surface area contributed by atoms with Crippen molar-refractivity contribution in [1.82, 2.24) is 9.55 Å². The molecule has 1 aliphatic heterocycles. The Morgan fingerprint density at radius 3 is 2.60 bits per heavy atom. The Morgan fingerprint density at radius 2 is 2.08 bits per heavy atom. The van der Waals surface area contributed by atoms with Crippen LogP contribution in [0.25, 0.3) is 0 Å². The molecule has 0 aromatic carbocycles. The number of hydrogen-bond acceptors (Lipinski definition) is 8. The van der Waals surface area contributed by atoms with Crippen molar-refractivity contribution < 1.29 is 24.5 Å². The van der Waals surface area contributed by atoms with E-state index in [9.17, 15) is 9.59 Å². The van der Waals surface area contributed by atoms with Crippen LogP contribution in [0.1, 0.15) is 46.8 Å². The summed E-state index contributed by atoms with van der Waals surface area (Å²) in [6.45, 7) is 6.37. The summed E-state index contributed by atoms with van der Waals surface area (Å²) in [6.07, 6.45) is 2.41. The maximum absolute atomic E-state index is 11.7. The Balaban J connectivity index is 0.000000550. The Bertz CT molecular complexity index is 617. The zero-order valence-electron chi connectivity index (χ0n) is 15.0. The fraction of sp³-hybridized carbons (Fsp3) is 0.688. The van der Waals surface area contributed by atoms with Crippen molar-refractivity contribution >= 4 is 11.8 Å². The first-order valence-electron chi connectivity index (χ1n) is 8.09. The van der Waals surface area contributed by atoms with Crippen LogP contribution in [0.4, 0.5) is 5.82 Å². The second-order valence-electron chi connectivity index (χ2n) is 6.61. The van der Waals surface area contributed by atoms with E-state index in [-0.39, 0.29) is 36.6 Å². The Morgan fingerprint density at radius 1 is 1.48 bits per heavy atom. The number of rotatable bonds is 4. The van der Waals surface area contributed by atoms with Gasteiger partial charge in [-0.15, -0.1) is 0 Å². The molecule has 0 saturated carbocycles. The molecule has 2 rings (SSSR count). The van der Waals surface area contributed by atoms with Crippen LogP contribution in [-0.2, 0) is 14.3 Å². The summed E-state index contributed by atoms with van der Waals surface area (Å²) >= 11 is 0. The van der Waals surface area contributed by atoms with Crippen molar-refractivity contribution in [3.8, 4) is 0 Å². The van der Waals surface area contributed by atoms with Gasteiger partial charge in [-0.2, -0.15) is 4.98 Å². The predicted octanol–water partition coefficient (Wildman–Crippen LogP) is 0.409. The SMILES string of the molecule is CC(C)(O)O.CC(C)C(=O)OCC1CCC(n2ccc(N)nc2=O)O1. The van der Waals surface area contributed by atoms with Gasteiger partial charge in [0.25, 0.3) is 0 Å². The number of ether oxygens (including phenoxy) is 2. The molecule has 142 valence electrons. The first-order valence-corrected chi connectivity index (χ1v) is 8.09. The largest absolute Gasteiger partial charge is 0.463 e. The van der Waals surface area contributed by atoms with E-state index in [1.165, 1.54) is 18.4 Å². The summed E-state index contributed by atoms with van der Waals surface area (Å²) in [5, 5.41) is 16.2. The standard InChI is InChI=1S/C13H19N3O4.C3H8O2/c1-8(2)12(17)19-7-9-3-4-11(20-9)16-6-5-10(14)15-13(16)18;1-3(2,4)5/h5-6,8-9,11H,3-4,7H2,1-2H3,(H2,14,15,18);4-5H,1-2H3. The number of anilines is 1. The lowest BCUT2D eigenvalue weighted by molar-refractivity contribution is -0.152. The van der Waals surface area contributed by atoms with E-state index in [4.69, 9.17) is 25.4 Å². The van der Waals surface area contributed by atoms with Gasteiger partial charge in [0.2, 0.25) is 0 Å². The quantitative estimate of drug-likeness (QED) is 0.520. The second kappa shape index (κ2) is 8.93.